The predicted octanol–water partition coefficient (Wildman–Crippen LogP) is 4.70. The van der Waals surface area contributed by atoms with E-state index >= 15 is 0 Å². The average Bonchev–Trinajstić information content (AvgIpc) is 2.72. The summed E-state index contributed by atoms with van der Waals surface area (Å²) in [6.07, 6.45) is 4.03. The molecule has 3 aromatic carbocycles. The van der Waals surface area contributed by atoms with Gasteiger partial charge in [0.2, 0.25) is 0 Å². The number of nitrogens with zero attached hydrogens (tertiary/aromatic N) is 1. The fourth-order valence-corrected chi connectivity index (χ4v) is 4.81. The highest BCUT2D eigenvalue weighted by atomic mass is 32.2. The van der Waals surface area contributed by atoms with E-state index < -0.39 is 10.0 Å². The molecule has 0 fully saturated rings. The summed E-state index contributed by atoms with van der Waals surface area (Å²) >= 11 is 0. The minimum Gasteiger partial charge on any atom is -0.375 e. The van der Waals surface area contributed by atoms with Crippen molar-refractivity contribution in [1.82, 2.24) is 0 Å². The van der Waals surface area contributed by atoms with Gasteiger partial charge in [0.1, 0.15) is 0 Å². The first kappa shape index (κ1) is 18.3. The Morgan fingerprint density at radius 1 is 0.929 bits per heavy atom. The molecule has 3 aromatic rings. The van der Waals surface area contributed by atoms with Gasteiger partial charge in [-0.15, -0.1) is 0 Å². The zero-order chi connectivity index (χ0) is 19.6. The number of sulfonamides is 1. The van der Waals surface area contributed by atoms with Crippen molar-refractivity contribution >= 4 is 27.5 Å². The van der Waals surface area contributed by atoms with Gasteiger partial charge >= 0.3 is 0 Å². The number of hydrogen-bond donors (Lipinski definition) is 1. The van der Waals surface area contributed by atoms with Crippen molar-refractivity contribution in [3.05, 3.63) is 96.1 Å². The van der Waals surface area contributed by atoms with Crippen molar-refractivity contribution in [2.24, 2.45) is 0 Å². The lowest BCUT2D eigenvalue weighted by Gasteiger charge is -2.35. The van der Waals surface area contributed by atoms with Crippen molar-refractivity contribution in [3.8, 4) is 0 Å². The summed E-state index contributed by atoms with van der Waals surface area (Å²) < 4.78 is 28.2. The number of hydrogen-bond acceptors (Lipinski definition) is 3. The van der Waals surface area contributed by atoms with Crippen LogP contribution in [0.5, 0.6) is 0 Å². The van der Waals surface area contributed by atoms with Crippen LogP contribution in [0.25, 0.3) is 6.08 Å². The standard InChI is InChI=1S/C23H22N2O2S/c1-18-11-15-21(16-12-18)28(26,27)25-17-20(14-13-19-7-3-2-4-8-19)24-22-9-5-6-10-23(22)25/h2-16,20,24H,17H2,1H3/b14-13+/t20-/m0/s1. The zero-order valence-corrected chi connectivity index (χ0v) is 16.4. The Morgan fingerprint density at radius 3 is 2.36 bits per heavy atom. The first-order valence-corrected chi connectivity index (χ1v) is 10.7. The van der Waals surface area contributed by atoms with E-state index in [4.69, 9.17) is 0 Å². The molecule has 1 aliphatic heterocycles. The Morgan fingerprint density at radius 2 is 1.61 bits per heavy atom. The lowest BCUT2D eigenvalue weighted by molar-refractivity contribution is 0.588. The van der Waals surface area contributed by atoms with Gasteiger partial charge in [-0.1, -0.05) is 72.3 Å². The van der Waals surface area contributed by atoms with Crippen molar-refractivity contribution in [3.63, 3.8) is 0 Å². The van der Waals surface area contributed by atoms with Gasteiger partial charge in [0.25, 0.3) is 10.0 Å². The number of rotatable bonds is 4. The van der Waals surface area contributed by atoms with Crippen LogP contribution < -0.4 is 9.62 Å². The zero-order valence-electron chi connectivity index (χ0n) is 15.6. The fourth-order valence-electron chi connectivity index (χ4n) is 3.30. The predicted molar refractivity (Wildman–Crippen MR) is 115 cm³/mol. The fraction of sp³-hybridized carbons (Fsp3) is 0.130. The SMILES string of the molecule is Cc1ccc(S(=O)(=O)N2C[C@H](/C=C/c3ccccc3)Nc3ccccc32)cc1. The largest absolute Gasteiger partial charge is 0.375 e. The van der Waals surface area contributed by atoms with Gasteiger partial charge in [-0.2, -0.15) is 0 Å². The molecule has 0 aromatic heterocycles. The Balaban J connectivity index is 1.69. The van der Waals surface area contributed by atoms with Gasteiger partial charge in [0.05, 0.1) is 28.9 Å². The van der Waals surface area contributed by atoms with E-state index in [9.17, 15) is 8.42 Å². The normalized spacial score (nSPS) is 16.6. The Labute approximate surface area is 166 Å². The lowest BCUT2D eigenvalue weighted by Crippen LogP contribution is -2.43. The first-order valence-electron chi connectivity index (χ1n) is 9.22. The molecule has 1 N–H and O–H groups in total. The number of aryl methyl sites for hydroxylation is 1. The van der Waals surface area contributed by atoms with E-state index in [0.29, 0.717) is 17.1 Å². The average molecular weight is 391 g/mol. The lowest BCUT2D eigenvalue weighted by atomic mass is 10.1. The summed E-state index contributed by atoms with van der Waals surface area (Å²) in [6.45, 7) is 2.28. The molecule has 0 amide bonds. The maximum Gasteiger partial charge on any atom is 0.264 e. The second-order valence-corrected chi connectivity index (χ2v) is 8.75. The number of nitrogens with one attached hydrogen (secondary N) is 1. The molecule has 1 aliphatic rings. The Kier molecular flexibility index (Phi) is 4.92. The molecule has 0 spiro atoms. The van der Waals surface area contributed by atoms with Crippen LogP contribution in [0, 0.1) is 6.92 Å². The van der Waals surface area contributed by atoms with E-state index in [-0.39, 0.29) is 6.04 Å². The van der Waals surface area contributed by atoms with E-state index in [1.54, 1.807) is 12.1 Å². The Bertz CT molecular complexity index is 1090. The van der Waals surface area contributed by atoms with Crippen LogP contribution in [0.4, 0.5) is 11.4 Å². The molecule has 0 saturated heterocycles. The molecule has 0 bridgehead atoms. The molecule has 1 atom stereocenters. The molecular formula is C23H22N2O2S. The highest BCUT2D eigenvalue weighted by Gasteiger charge is 2.32. The molecular weight excluding hydrogens is 368 g/mol. The monoisotopic (exact) mass is 390 g/mol. The summed E-state index contributed by atoms with van der Waals surface area (Å²) in [6, 6.07) is 24.4. The highest BCUT2D eigenvalue weighted by Crippen LogP contribution is 2.35. The number of anilines is 2. The van der Waals surface area contributed by atoms with Crippen molar-refractivity contribution < 1.29 is 8.42 Å². The molecule has 4 nitrogen and oxygen atoms in total. The van der Waals surface area contributed by atoms with Crippen molar-refractivity contribution in [2.75, 3.05) is 16.2 Å². The minimum absolute atomic E-state index is 0.129. The highest BCUT2D eigenvalue weighted by molar-refractivity contribution is 7.92. The third-order valence-corrected chi connectivity index (χ3v) is 6.60. The van der Waals surface area contributed by atoms with Crippen LogP contribution in [-0.2, 0) is 10.0 Å². The van der Waals surface area contributed by atoms with Crippen LogP contribution in [0.15, 0.2) is 89.8 Å². The van der Waals surface area contributed by atoms with E-state index in [1.807, 2.05) is 85.8 Å². The van der Waals surface area contributed by atoms with E-state index in [0.717, 1.165) is 16.8 Å². The number of para-hydroxylation sites is 2. The van der Waals surface area contributed by atoms with Gasteiger partial charge in [0, 0.05) is 0 Å². The first-order chi connectivity index (χ1) is 13.5. The molecule has 0 radical (unpaired) electrons. The molecule has 0 saturated carbocycles. The summed E-state index contributed by atoms with van der Waals surface area (Å²) in [5.41, 5.74) is 3.60. The third-order valence-electron chi connectivity index (χ3n) is 4.81. The third kappa shape index (κ3) is 3.66. The quantitative estimate of drug-likeness (QED) is 0.703. The molecule has 142 valence electrons. The molecule has 5 heteroatoms. The Hall–Kier alpha value is -3.05. The second kappa shape index (κ2) is 7.52. The summed E-state index contributed by atoms with van der Waals surface area (Å²) in [4.78, 5) is 0.306. The van der Waals surface area contributed by atoms with Crippen molar-refractivity contribution in [1.29, 1.82) is 0 Å². The van der Waals surface area contributed by atoms with E-state index in [1.165, 1.54) is 4.31 Å². The van der Waals surface area contributed by atoms with Gasteiger partial charge in [-0.25, -0.2) is 8.42 Å². The van der Waals surface area contributed by atoms with Crippen LogP contribution >= 0.6 is 0 Å². The molecule has 4 rings (SSSR count). The van der Waals surface area contributed by atoms with Gasteiger partial charge in [-0.3, -0.25) is 4.31 Å². The number of fused-ring (bicyclic) bond motifs is 1. The van der Waals surface area contributed by atoms with Crippen LogP contribution in [0.3, 0.4) is 0 Å². The second-order valence-electron chi connectivity index (χ2n) is 6.89. The summed E-state index contributed by atoms with van der Waals surface area (Å²) in [7, 11) is -3.65. The van der Waals surface area contributed by atoms with Crippen LogP contribution in [0.1, 0.15) is 11.1 Å². The van der Waals surface area contributed by atoms with Crippen LogP contribution in [-0.4, -0.2) is 21.0 Å². The van der Waals surface area contributed by atoms with Gasteiger partial charge < -0.3 is 5.32 Å². The van der Waals surface area contributed by atoms with Gasteiger partial charge in [0.15, 0.2) is 0 Å². The number of benzene rings is 3. The molecule has 0 unspecified atom stereocenters. The van der Waals surface area contributed by atoms with Gasteiger partial charge in [-0.05, 0) is 36.8 Å². The maximum atomic E-state index is 13.4. The van der Waals surface area contributed by atoms with Crippen LogP contribution in [0.2, 0.25) is 0 Å². The topological polar surface area (TPSA) is 49.4 Å². The summed E-state index contributed by atoms with van der Waals surface area (Å²) in [5.74, 6) is 0. The molecule has 0 aliphatic carbocycles. The molecule has 28 heavy (non-hydrogen) atoms. The van der Waals surface area contributed by atoms with Crippen molar-refractivity contribution in [2.45, 2.75) is 17.9 Å². The smallest absolute Gasteiger partial charge is 0.264 e. The maximum absolute atomic E-state index is 13.4. The summed E-state index contributed by atoms with van der Waals surface area (Å²) in [5, 5.41) is 3.44. The van der Waals surface area contributed by atoms with E-state index in [2.05, 4.69) is 5.32 Å². The molecule has 1 heterocycles. The minimum atomic E-state index is -3.65.